The molecule has 0 aromatic heterocycles. The van der Waals surface area contributed by atoms with E-state index in [4.69, 9.17) is 16.3 Å². The second-order valence-corrected chi connectivity index (χ2v) is 10.2. The van der Waals surface area contributed by atoms with E-state index in [1.54, 1.807) is 0 Å². The van der Waals surface area contributed by atoms with E-state index in [1.807, 2.05) is 37.8 Å². The van der Waals surface area contributed by atoms with Crippen LogP contribution in [-0.2, 0) is 11.3 Å². The maximum atomic E-state index is 12.3. The molecule has 7 nitrogen and oxygen atoms in total. The van der Waals surface area contributed by atoms with Gasteiger partial charge < -0.3 is 19.9 Å². The first-order valence-corrected chi connectivity index (χ1v) is 11.6. The number of fused-ring (bicyclic) bond motifs is 1. The molecule has 1 aromatic rings. The predicted octanol–water partition coefficient (Wildman–Crippen LogP) is 3.35. The number of piperidine rings is 1. The monoisotopic (exact) mass is 448 g/mol. The van der Waals surface area contributed by atoms with Crippen molar-refractivity contribution in [3.63, 3.8) is 0 Å². The smallest absolute Gasteiger partial charge is 0.410 e. The number of ether oxygens (including phenoxy) is 1. The van der Waals surface area contributed by atoms with E-state index in [-0.39, 0.29) is 12.0 Å². The molecule has 3 heterocycles. The zero-order valence-electron chi connectivity index (χ0n) is 18.7. The number of carbonyl (C=O) groups excluding carboxylic acids is 2. The molecule has 8 heteroatoms. The molecule has 170 valence electrons. The standard InChI is InChI=1S/C23H33ClN4O3/c1-23(2,3)31-22(30)28-8-6-16(7-9-28)15-26-10-12-27(13-11-26)19-5-4-17-18(20(19)24)14-25-21(17)29/h4-5,16H,6-15H2,1-3H3,(H,25,29). The second-order valence-electron chi connectivity index (χ2n) is 9.81. The molecular weight excluding hydrogens is 416 g/mol. The van der Waals surface area contributed by atoms with Crippen LogP contribution in [0.2, 0.25) is 5.02 Å². The molecule has 0 atom stereocenters. The van der Waals surface area contributed by atoms with Gasteiger partial charge in [-0.15, -0.1) is 0 Å². The summed E-state index contributed by atoms with van der Waals surface area (Å²) in [6.45, 7) is 12.7. The molecule has 0 saturated carbocycles. The number of halogens is 1. The number of benzene rings is 1. The highest BCUT2D eigenvalue weighted by atomic mass is 35.5. The van der Waals surface area contributed by atoms with Crippen molar-refractivity contribution < 1.29 is 14.3 Å². The Kier molecular flexibility index (Phi) is 6.35. The second kappa shape index (κ2) is 8.87. The van der Waals surface area contributed by atoms with Gasteiger partial charge in [-0.2, -0.15) is 0 Å². The summed E-state index contributed by atoms with van der Waals surface area (Å²) in [5.41, 5.74) is 2.21. The molecule has 0 spiro atoms. The van der Waals surface area contributed by atoms with Crippen LogP contribution in [0.5, 0.6) is 0 Å². The highest BCUT2D eigenvalue weighted by Crippen LogP contribution is 2.34. The molecule has 0 aliphatic carbocycles. The number of carbonyl (C=O) groups is 2. The van der Waals surface area contributed by atoms with E-state index in [2.05, 4.69) is 15.1 Å². The summed E-state index contributed by atoms with van der Waals surface area (Å²) in [5, 5.41) is 3.55. The van der Waals surface area contributed by atoms with Gasteiger partial charge >= 0.3 is 6.09 Å². The summed E-state index contributed by atoms with van der Waals surface area (Å²) in [6.07, 6.45) is 1.86. The van der Waals surface area contributed by atoms with Crippen LogP contribution in [0.4, 0.5) is 10.5 Å². The third-order valence-corrected chi connectivity index (χ3v) is 6.81. The Balaban J connectivity index is 1.25. The molecule has 31 heavy (non-hydrogen) atoms. The van der Waals surface area contributed by atoms with Crippen molar-refractivity contribution in [3.8, 4) is 0 Å². The highest BCUT2D eigenvalue weighted by molar-refractivity contribution is 6.34. The molecule has 0 bridgehead atoms. The molecule has 3 aliphatic heterocycles. The minimum absolute atomic E-state index is 0.0361. The first kappa shape index (κ1) is 22.2. The quantitative estimate of drug-likeness (QED) is 0.768. The molecule has 1 aromatic carbocycles. The van der Waals surface area contributed by atoms with Gasteiger partial charge in [-0.05, 0) is 51.7 Å². The molecule has 2 saturated heterocycles. The molecular formula is C23H33ClN4O3. The van der Waals surface area contributed by atoms with E-state index in [0.29, 0.717) is 23.0 Å². The van der Waals surface area contributed by atoms with Crippen molar-refractivity contribution in [2.24, 2.45) is 5.92 Å². The van der Waals surface area contributed by atoms with Gasteiger partial charge in [-0.3, -0.25) is 9.69 Å². The Morgan fingerprint density at radius 1 is 1.13 bits per heavy atom. The highest BCUT2D eigenvalue weighted by Gasteiger charge is 2.30. The molecule has 0 radical (unpaired) electrons. The van der Waals surface area contributed by atoms with Crippen LogP contribution in [-0.4, -0.2) is 73.2 Å². The number of likely N-dealkylation sites (tertiary alicyclic amines) is 1. The minimum atomic E-state index is -0.443. The van der Waals surface area contributed by atoms with Gasteiger partial charge in [0, 0.05) is 63.5 Å². The summed E-state index contributed by atoms with van der Waals surface area (Å²) in [5.74, 6) is 0.580. The zero-order valence-corrected chi connectivity index (χ0v) is 19.5. The van der Waals surface area contributed by atoms with E-state index in [1.165, 1.54) is 0 Å². The zero-order chi connectivity index (χ0) is 22.2. The number of nitrogens with zero attached hydrogens (tertiary/aromatic N) is 3. The Labute approximate surface area is 189 Å². The number of piperazine rings is 1. The molecule has 2 amide bonds. The van der Waals surface area contributed by atoms with E-state index >= 15 is 0 Å². The van der Waals surface area contributed by atoms with Crippen molar-refractivity contribution in [1.29, 1.82) is 0 Å². The lowest BCUT2D eigenvalue weighted by atomic mass is 9.96. The maximum absolute atomic E-state index is 12.3. The minimum Gasteiger partial charge on any atom is -0.444 e. The van der Waals surface area contributed by atoms with Gasteiger partial charge in [0.05, 0.1) is 10.7 Å². The van der Waals surface area contributed by atoms with Crippen LogP contribution in [0.15, 0.2) is 12.1 Å². The first-order valence-electron chi connectivity index (χ1n) is 11.3. The molecule has 0 unspecified atom stereocenters. The van der Waals surface area contributed by atoms with Crippen LogP contribution in [0.1, 0.15) is 49.5 Å². The van der Waals surface area contributed by atoms with Crippen molar-refractivity contribution in [1.82, 2.24) is 15.1 Å². The topological polar surface area (TPSA) is 65.1 Å². The number of amides is 2. The predicted molar refractivity (Wildman–Crippen MR) is 122 cm³/mol. The summed E-state index contributed by atoms with van der Waals surface area (Å²) < 4.78 is 5.50. The number of rotatable bonds is 3. The van der Waals surface area contributed by atoms with Crippen LogP contribution in [0.25, 0.3) is 0 Å². The summed E-state index contributed by atoms with van der Waals surface area (Å²) in [6, 6.07) is 3.87. The average Bonchev–Trinajstić information content (AvgIpc) is 3.10. The van der Waals surface area contributed by atoms with Gasteiger partial charge in [0.1, 0.15) is 5.60 Å². The van der Waals surface area contributed by atoms with Gasteiger partial charge in [0.25, 0.3) is 5.91 Å². The molecule has 4 rings (SSSR count). The fraction of sp³-hybridized carbons (Fsp3) is 0.652. The van der Waals surface area contributed by atoms with Crippen molar-refractivity contribution in [3.05, 3.63) is 28.3 Å². The summed E-state index contributed by atoms with van der Waals surface area (Å²) in [7, 11) is 0. The Bertz CT molecular complexity index is 838. The molecule has 3 aliphatic rings. The van der Waals surface area contributed by atoms with Crippen molar-refractivity contribution in [2.75, 3.05) is 50.7 Å². The van der Waals surface area contributed by atoms with E-state index < -0.39 is 5.60 Å². The lowest BCUT2D eigenvalue weighted by Crippen LogP contribution is -2.49. The summed E-state index contributed by atoms with van der Waals surface area (Å²) >= 11 is 6.63. The maximum Gasteiger partial charge on any atom is 0.410 e. The Morgan fingerprint density at radius 2 is 1.81 bits per heavy atom. The van der Waals surface area contributed by atoms with Crippen LogP contribution < -0.4 is 10.2 Å². The normalized spacial score (nSPS) is 20.6. The van der Waals surface area contributed by atoms with Gasteiger partial charge in [0.2, 0.25) is 0 Å². The number of hydrogen-bond donors (Lipinski definition) is 1. The fourth-order valence-electron chi connectivity index (χ4n) is 4.66. The SMILES string of the molecule is CC(C)(C)OC(=O)N1CCC(CN2CCN(c3ccc4c(c3Cl)CNC4=O)CC2)CC1. The fourth-order valence-corrected chi connectivity index (χ4v) is 5.01. The average molecular weight is 449 g/mol. The largest absolute Gasteiger partial charge is 0.444 e. The number of anilines is 1. The molecule has 1 N–H and O–H groups in total. The van der Waals surface area contributed by atoms with Crippen LogP contribution >= 0.6 is 11.6 Å². The van der Waals surface area contributed by atoms with Gasteiger partial charge in [-0.25, -0.2) is 4.79 Å². The Morgan fingerprint density at radius 3 is 2.45 bits per heavy atom. The molecule has 2 fully saturated rings. The van der Waals surface area contributed by atoms with Gasteiger partial charge in [0.15, 0.2) is 0 Å². The Hall–Kier alpha value is -1.99. The van der Waals surface area contributed by atoms with Crippen LogP contribution in [0.3, 0.4) is 0 Å². The van der Waals surface area contributed by atoms with E-state index in [9.17, 15) is 9.59 Å². The van der Waals surface area contributed by atoms with Crippen molar-refractivity contribution >= 4 is 29.3 Å². The van der Waals surface area contributed by atoms with Crippen molar-refractivity contribution in [2.45, 2.75) is 45.8 Å². The number of hydrogen-bond acceptors (Lipinski definition) is 5. The lowest BCUT2D eigenvalue weighted by Gasteiger charge is -2.40. The van der Waals surface area contributed by atoms with Crippen LogP contribution in [0, 0.1) is 5.92 Å². The third kappa shape index (κ3) is 5.09. The van der Waals surface area contributed by atoms with E-state index in [0.717, 1.165) is 69.9 Å². The number of nitrogens with one attached hydrogen (secondary N) is 1. The lowest BCUT2D eigenvalue weighted by molar-refractivity contribution is 0.0169. The first-order chi connectivity index (χ1) is 14.7. The van der Waals surface area contributed by atoms with Gasteiger partial charge in [-0.1, -0.05) is 11.6 Å². The third-order valence-electron chi connectivity index (χ3n) is 6.39. The summed E-state index contributed by atoms with van der Waals surface area (Å²) in [4.78, 5) is 30.8.